The first kappa shape index (κ1) is 27.2. The maximum absolute atomic E-state index is 13.4. The van der Waals surface area contributed by atoms with Gasteiger partial charge in [0.25, 0.3) is 5.91 Å². The van der Waals surface area contributed by atoms with Crippen LogP contribution in [0.25, 0.3) is 0 Å². The number of methoxy groups -OCH3 is 1. The first-order chi connectivity index (χ1) is 17.5. The minimum Gasteiger partial charge on any atom is -0.493 e. The molecule has 4 rings (SSSR count). The number of ether oxygens (including phenoxy) is 2. The lowest BCUT2D eigenvalue weighted by Gasteiger charge is -2.27. The number of rotatable bonds is 6. The smallest absolute Gasteiger partial charge is 0.416 e. The van der Waals surface area contributed by atoms with Crippen molar-refractivity contribution in [1.82, 2.24) is 4.90 Å². The fraction of sp³-hybridized carbons (Fsp3) is 0.440. The van der Waals surface area contributed by atoms with Gasteiger partial charge < -0.3 is 14.4 Å². The number of thioether (sulfide) groups is 1. The van der Waals surface area contributed by atoms with Gasteiger partial charge in [0.05, 0.1) is 23.5 Å². The van der Waals surface area contributed by atoms with E-state index in [1.54, 1.807) is 12.1 Å². The third-order valence-corrected chi connectivity index (χ3v) is 7.34. The van der Waals surface area contributed by atoms with Crippen molar-refractivity contribution < 1.29 is 40.6 Å². The van der Waals surface area contributed by atoms with Gasteiger partial charge in [-0.05, 0) is 55.5 Å². The normalized spacial score (nSPS) is 18.7. The Hall–Kier alpha value is -2.89. The summed E-state index contributed by atoms with van der Waals surface area (Å²) in [6, 6.07) is 6.22. The summed E-state index contributed by atoms with van der Waals surface area (Å²) in [5.41, 5.74) is -2.51. The van der Waals surface area contributed by atoms with E-state index in [1.165, 1.54) is 24.9 Å². The molecule has 1 atom stereocenters. The van der Waals surface area contributed by atoms with Crippen molar-refractivity contribution in [3.63, 3.8) is 0 Å². The summed E-state index contributed by atoms with van der Waals surface area (Å²) < 4.78 is 89.8. The third kappa shape index (κ3) is 6.52. The Balaban J connectivity index is 1.45. The van der Waals surface area contributed by atoms with Gasteiger partial charge >= 0.3 is 12.4 Å². The molecular formula is C25H24F6N2O3S. The minimum atomic E-state index is -4.99. The number of amides is 1. The van der Waals surface area contributed by atoms with Crippen molar-refractivity contribution in [2.24, 2.45) is 4.99 Å². The lowest BCUT2D eigenvalue weighted by Crippen LogP contribution is -2.33. The second kappa shape index (κ2) is 10.8. The SMILES string of the molecule is COc1cc(CC2SC(N3CCCCC3)=NC2=O)ccc1OCc1ccc(C(F)(F)F)cc1C(F)(F)F. The monoisotopic (exact) mass is 546 g/mol. The number of amidine groups is 1. The number of likely N-dealkylation sites (tertiary alicyclic amines) is 1. The molecule has 2 heterocycles. The van der Waals surface area contributed by atoms with E-state index in [0.29, 0.717) is 12.5 Å². The molecule has 0 aliphatic carbocycles. The quantitative estimate of drug-likeness (QED) is 0.396. The van der Waals surface area contributed by atoms with Crippen molar-refractivity contribution in [2.45, 2.75) is 49.9 Å². The fourth-order valence-corrected chi connectivity index (χ4v) is 5.36. The predicted octanol–water partition coefficient (Wildman–Crippen LogP) is 6.34. The molecule has 2 aromatic rings. The zero-order valence-corrected chi connectivity index (χ0v) is 20.6. The molecule has 0 spiro atoms. The number of benzene rings is 2. The molecule has 1 unspecified atom stereocenters. The van der Waals surface area contributed by atoms with E-state index in [9.17, 15) is 31.1 Å². The van der Waals surface area contributed by atoms with Crippen LogP contribution in [0.4, 0.5) is 26.3 Å². The van der Waals surface area contributed by atoms with Gasteiger partial charge in [0.2, 0.25) is 0 Å². The zero-order chi connectivity index (χ0) is 26.8. The fourth-order valence-electron chi connectivity index (χ4n) is 4.20. The molecule has 0 aromatic heterocycles. The average Bonchev–Trinajstić information content (AvgIpc) is 3.22. The van der Waals surface area contributed by atoms with Crippen molar-refractivity contribution in [2.75, 3.05) is 20.2 Å². The van der Waals surface area contributed by atoms with Crippen LogP contribution in [0.15, 0.2) is 41.4 Å². The maximum atomic E-state index is 13.4. The summed E-state index contributed by atoms with van der Waals surface area (Å²) in [6.07, 6.45) is -6.23. The summed E-state index contributed by atoms with van der Waals surface area (Å²) in [5, 5.41) is 0.341. The second-order valence-corrected chi connectivity index (χ2v) is 9.90. The number of aliphatic imine (C=N–C) groups is 1. The summed E-state index contributed by atoms with van der Waals surface area (Å²) in [6.45, 7) is 1.13. The Morgan fingerprint density at radius 2 is 1.70 bits per heavy atom. The van der Waals surface area contributed by atoms with E-state index >= 15 is 0 Å². The van der Waals surface area contributed by atoms with Crippen LogP contribution in [0.3, 0.4) is 0 Å². The zero-order valence-electron chi connectivity index (χ0n) is 19.8. The van der Waals surface area contributed by atoms with E-state index in [-0.39, 0.29) is 23.5 Å². The summed E-state index contributed by atoms with van der Waals surface area (Å²) in [5.74, 6) is 0.132. The number of carbonyl (C=O) groups excluding carboxylic acids is 1. The Kier molecular flexibility index (Phi) is 7.96. The molecule has 2 aromatic carbocycles. The molecular weight excluding hydrogens is 522 g/mol. The first-order valence-electron chi connectivity index (χ1n) is 11.6. The lowest BCUT2D eigenvalue weighted by molar-refractivity contribution is -0.143. The van der Waals surface area contributed by atoms with Crippen LogP contribution in [0.1, 0.15) is 41.5 Å². The highest BCUT2D eigenvalue weighted by molar-refractivity contribution is 8.15. The molecule has 1 fully saturated rings. The van der Waals surface area contributed by atoms with Crippen LogP contribution in [-0.2, 0) is 30.2 Å². The average molecular weight is 547 g/mol. The van der Waals surface area contributed by atoms with E-state index in [2.05, 4.69) is 9.89 Å². The highest BCUT2D eigenvalue weighted by Gasteiger charge is 2.38. The molecule has 12 heteroatoms. The molecule has 1 saturated heterocycles. The second-order valence-electron chi connectivity index (χ2n) is 8.73. The van der Waals surface area contributed by atoms with E-state index < -0.39 is 40.9 Å². The largest absolute Gasteiger partial charge is 0.493 e. The van der Waals surface area contributed by atoms with Gasteiger partial charge in [-0.25, -0.2) is 0 Å². The number of halogens is 6. The van der Waals surface area contributed by atoms with E-state index in [0.717, 1.165) is 49.1 Å². The Labute approximate surface area is 213 Å². The topological polar surface area (TPSA) is 51.1 Å². The van der Waals surface area contributed by atoms with Crippen LogP contribution in [0.2, 0.25) is 0 Å². The Bertz CT molecular complexity index is 1180. The van der Waals surface area contributed by atoms with Crippen molar-refractivity contribution in [1.29, 1.82) is 0 Å². The van der Waals surface area contributed by atoms with Crippen molar-refractivity contribution in [3.8, 4) is 11.5 Å². The molecule has 0 N–H and O–H groups in total. The molecule has 1 amide bonds. The van der Waals surface area contributed by atoms with Gasteiger partial charge in [-0.1, -0.05) is 23.9 Å². The molecule has 0 bridgehead atoms. The van der Waals surface area contributed by atoms with Crippen LogP contribution in [0.5, 0.6) is 11.5 Å². The highest BCUT2D eigenvalue weighted by atomic mass is 32.2. The molecule has 2 aliphatic rings. The van der Waals surface area contributed by atoms with Crippen LogP contribution in [-0.4, -0.2) is 41.4 Å². The van der Waals surface area contributed by atoms with Crippen LogP contribution in [0, 0.1) is 0 Å². The number of piperidine rings is 1. The Morgan fingerprint density at radius 1 is 0.973 bits per heavy atom. The number of nitrogens with zero attached hydrogens (tertiary/aromatic N) is 2. The summed E-state index contributed by atoms with van der Waals surface area (Å²) in [7, 11) is 1.36. The molecule has 0 radical (unpaired) electrons. The number of hydrogen-bond donors (Lipinski definition) is 0. The van der Waals surface area contributed by atoms with Gasteiger partial charge in [0.15, 0.2) is 16.7 Å². The molecule has 0 saturated carbocycles. The highest BCUT2D eigenvalue weighted by Crippen LogP contribution is 2.38. The van der Waals surface area contributed by atoms with Gasteiger partial charge in [0, 0.05) is 18.7 Å². The summed E-state index contributed by atoms with van der Waals surface area (Å²) >= 11 is 1.42. The minimum absolute atomic E-state index is 0.0789. The maximum Gasteiger partial charge on any atom is 0.416 e. The third-order valence-electron chi connectivity index (χ3n) is 6.13. The van der Waals surface area contributed by atoms with Crippen molar-refractivity contribution >= 4 is 22.8 Å². The molecule has 2 aliphatic heterocycles. The van der Waals surface area contributed by atoms with E-state index in [1.807, 2.05) is 0 Å². The number of hydrogen-bond acceptors (Lipinski definition) is 5. The summed E-state index contributed by atoms with van der Waals surface area (Å²) in [4.78, 5) is 18.8. The number of carbonyl (C=O) groups is 1. The van der Waals surface area contributed by atoms with Gasteiger partial charge in [-0.2, -0.15) is 31.3 Å². The van der Waals surface area contributed by atoms with Crippen molar-refractivity contribution in [3.05, 3.63) is 58.7 Å². The van der Waals surface area contributed by atoms with Crippen LogP contribution < -0.4 is 9.47 Å². The first-order valence-corrected chi connectivity index (χ1v) is 12.4. The number of alkyl halides is 6. The van der Waals surface area contributed by atoms with Gasteiger partial charge in [0.1, 0.15) is 6.61 Å². The van der Waals surface area contributed by atoms with Gasteiger partial charge in [-0.3, -0.25) is 4.79 Å². The Morgan fingerprint density at radius 3 is 2.35 bits per heavy atom. The lowest BCUT2D eigenvalue weighted by atomic mass is 10.0. The molecule has 200 valence electrons. The van der Waals surface area contributed by atoms with E-state index in [4.69, 9.17) is 9.47 Å². The van der Waals surface area contributed by atoms with Crippen LogP contribution >= 0.6 is 11.8 Å². The standard InChI is InChI=1S/C25H24F6N2O3S/c1-35-20-11-15(12-21-22(34)32-23(37-21)33-9-3-2-4-10-33)5-8-19(20)36-14-16-6-7-17(24(26,27)28)13-18(16)25(29,30)31/h5-8,11,13,21H,2-4,9-10,12,14H2,1H3. The van der Waals surface area contributed by atoms with Gasteiger partial charge in [-0.15, -0.1) is 0 Å². The predicted molar refractivity (Wildman–Crippen MR) is 127 cm³/mol. The molecule has 37 heavy (non-hydrogen) atoms. The molecule has 5 nitrogen and oxygen atoms in total.